The highest BCUT2D eigenvalue weighted by molar-refractivity contribution is 5.89. The van der Waals surface area contributed by atoms with Crippen LogP contribution in [-0.2, 0) is 4.74 Å². The summed E-state index contributed by atoms with van der Waals surface area (Å²) in [6.07, 6.45) is 4.97. The maximum absolute atomic E-state index is 10.9. The van der Waals surface area contributed by atoms with Gasteiger partial charge in [0.15, 0.2) is 0 Å². The first-order valence-corrected chi connectivity index (χ1v) is 6.86. The molecule has 0 aliphatic carbocycles. The zero-order valence-corrected chi connectivity index (χ0v) is 11.3. The molecule has 0 bridgehead atoms. The number of carboxylic acids is 1. The van der Waals surface area contributed by atoms with Crippen LogP contribution in [0, 0.1) is 6.92 Å². The number of hydrogen-bond acceptors (Lipinski definition) is 3. The second-order valence-corrected chi connectivity index (χ2v) is 5.04. The fourth-order valence-electron chi connectivity index (χ4n) is 2.43. The molecule has 0 spiro atoms. The van der Waals surface area contributed by atoms with Crippen molar-refractivity contribution in [2.24, 2.45) is 0 Å². The molecule has 2 N–H and O–H groups in total. The predicted octanol–water partition coefficient (Wildman–Crippen LogP) is 3.06. The lowest BCUT2D eigenvalue weighted by atomic mass is 10.1. The topological polar surface area (TPSA) is 58.6 Å². The van der Waals surface area contributed by atoms with Gasteiger partial charge in [-0.25, -0.2) is 4.79 Å². The van der Waals surface area contributed by atoms with Gasteiger partial charge < -0.3 is 15.2 Å². The van der Waals surface area contributed by atoms with E-state index in [2.05, 4.69) is 5.32 Å². The van der Waals surface area contributed by atoms with Gasteiger partial charge in [0.05, 0.1) is 11.7 Å². The van der Waals surface area contributed by atoms with Gasteiger partial charge in [0.2, 0.25) is 0 Å². The molecule has 1 fully saturated rings. The molecule has 1 aromatic carbocycles. The van der Waals surface area contributed by atoms with E-state index in [9.17, 15) is 4.79 Å². The fraction of sp³-hybridized carbons (Fsp3) is 0.533. The molecule has 0 saturated carbocycles. The van der Waals surface area contributed by atoms with Crippen LogP contribution >= 0.6 is 0 Å². The summed E-state index contributed by atoms with van der Waals surface area (Å²) in [7, 11) is 0. The second-order valence-electron chi connectivity index (χ2n) is 5.04. The number of nitrogens with one attached hydrogen (secondary N) is 1. The van der Waals surface area contributed by atoms with E-state index in [-0.39, 0.29) is 0 Å². The van der Waals surface area contributed by atoms with Gasteiger partial charge in [-0.15, -0.1) is 0 Å². The van der Waals surface area contributed by atoms with E-state index in [0.29, 0.717) is 11.7 Å². The van der Waals surface area contributed by atoms with Crippen molar-refractivity contribution in [2.75, 3.05) is 18.5 Å². The molecule has 1 aliphatic heterocycles. The Hall–Kier alpha value is -1.55. The number of benzene rings is 1. The number of anilines is 1. The van der Waals surface area contributed by atoms with Crippen LogP contribution in [0.5, 0.6) is 0 Å². The highest BCUT2D eigenvalue weighted by Crippen LogP contribution is 2.18. The number of carboxylic acid groups (broad SMARTS) is 1. The normalized spacial score (nSPS) is 19.1. The van der Waals surface area contributed by atoms with E-state index in [1.54, 1.807) is 6.07 Å². The quantitative estimate of drug-likeness (QED) is 0.857. The summed E-state index contributed by atoms with van der Waals surface area (Å²) >= 11 is 0. The third-order valence-electron chi connectivity index (χ3n) is 3.53. The monoisotopic (exact) mass is 263 g/mol. The van der Waals surface area contributed by atoms with Crippen molar-refractivity contribution in [3.8, 4) is 0 Å². The van der Waals surface area contributed by atoms with E-state index >= 15 is 0 Å². The van der Waals surface area contributed by atoms with E-state index in [1.807, 2.05) is 19.1 Å². The molecule has 104 valence electrons. The largest absolute Gasteiger partial charge is 0.478 e. The Kier molecular flexibility index (Phi) is 4.80. The Morgan fingerprint density at radius 1 is 1.47 bits per heavy atom. The van der Waals surface area contributed by atoms with Crippen LogP contribution in [-0.4, -0.2) is 30.3 Å². The Morgan fingerprint density at radius 3 is 2.95 bits per heavy atom. The standard InChI is InChI=1S/C15H21NO3/c1-11-10-12(5-6-14(11)15(17)18)16-8-7-13-4-2-3-9-19-13/h5-6,10,13,16H,2-4,7-9H2,1H3,(H,17,18). The Bertz CT molecular complexity index is 439. The van der Waals surface area contributed by atoms with E-state index in [0.717, 1.165) is 37.2 Å². The molecule has 1 atom stereocenters. The predicted molar refractivity (Wildman–Crippen MR) is 74.8 cm³/mol. The molecule has 4 nitrogen and oxygen atoms in total. The molecule has 1 aromatic rings. The van der Waals surface area contributed by atoms with E-state index < -0.39 is 5.97 Å². The molecule has 4 heteroatoms. The Balaban J connectivity index is 1.82. The first-order chi connectivity index (χ1) is 9.16. The molecule has 19 heavy (non-hydrogen) atoms. The molecular formula is C15H21NO3. The SMILES string of the molecule is Cc1cc(NCCC2CCCCO2)ccc1C(=O)O. The minimum Gasteiger partial charge on any atom is -0.478 e. The average molecular weight is 263 g/mol. The maximum atomic E-state index is 10.9. The first-order valence-electron chi connectivity index (χ1n) is 6.86. The van der Waals surface area contributed by atoms with Crippen molar-refractivity contribution >= 4 is 11.7 Å². The van der Waals surface area contributed by atoms with Crippen LogP contribution in [0.3, 0.4) is 0 Å². The average Bonchev–Trinajstić information content (AvgIpc) is 2.39. The van der Waals surface area contributed by atoms with Crippen LogP contribution in [0.15, 0.2) is 18.2 Å². The lowest BCUT2D eigenvalue weighted by molar-refractivity contribution is 0.0134. The van der Waals surface area contributed by atoms with Gasteiger partial charge in [-0.2, -0.15) is 0 Å². The summed E-state index contributed by atoms with van der Waals surface area (Å²) in [4.78, 5) is 10.9. The Labute approximate surface area is 113 Å². The van der Waals surface area contributed by atoms with Gasteiger partial charge in [-0.3, -0.25) is 0 Å². The molecule has 2 rings (SSSR count). The summed E-state index contributed by atoms with van der Waals surface area (Å²) in [5.41, 5.74) is 2.12. The highest BCUT2D eigenvalue weighted by atomic mass is 16.5. The van der Waals surface area contributed by atoms with Crippen molar-refractivity contribution in [2.45, 2.75) is 38.7 Å². The van der Waals surface area contributed by atoms with Gasteiger partial charge in [0.1, 0.15) is 0 Å². The van der Waals surface area contributed by atoms with Gasteiger partial charge in [0, 0.05) is 18.8 Å². The van der Waals surface area contributed by atoms with Crippen LogP contribution in [0.1, 0.15) is 41.6 Å². The first kappa shape index (κ1) is 13.9. The van der Waals surface area contributed by atoms with Crippen molar-refractivity contribution in [3.05, 3.63) is 29.3 Å². The number of aryl methyl sites for hydroxylation is 1. The van der Waals surface area contributed by atoms with Crippen molar-refractivity contribution in [1.29, 1.82) is 0 Å². The fourth-order valence-corrected chi connectivity index (χ4v) is 2.43. The minimum absolute atomic E-state index is 0.362. The third-order valence-corrected chi connectivity index (χ3v) is 3.53. The summed E-state index contributed by atoms with van der Waals surface area (Å²) in [5.74, 6) is -0.875. The number of aromatic carboxylic acids is 1. The molecule has 0 aromatic heterocycles. The van der Waals surface area contributed by atoms with E-state index in [4.69, 9.17) is 9.84 Å². The van der Waals surface area contributed by atoms with Crippen LogP contribution in [0.25, 0.3) is 0 Å². The lowest BCUT2D eigenvalue weighted by Gasteiger charge is -2.22. The number of rotatable bonds is 5. The Morgan fingerprint density at radius 2 is 2.32 bits per heavy atom. The number of hydrogen-bond donors (Lipinski definition) is 2. The second kappa shape index (κ2) is 6.57. The molecule has 1 heterocycles. The highest BCUT2D eigenvalue weighted by Gasteiger charge is 2.13. The van der Waals surface area contributed by atoms with Crippen molar-refractivity contribution in [1.82, 2.24) is 0 Å². The minimum atomic E-state index is -0.875. The molecule has 0 radical (unpaired) electrons. The lowest BCUT2D eigenvalue weighted by Crippen LogP contribution is -2.22. The van der Waals surface area contributed by atoms with Gasteiger partial charge in [-0.05, 0) is 56.4 Å². The van der Waals surface area contributed by atoms with Crippen molar-refractivity contribution in [3.63, 3.8) is 0 Å². The van der Waals surface area contributed by atoms with Crippen LogP contribution in [0.4, 0.5) is 5.69 Å². The molecule has 1 aliphatic rings. The van der Waals surface area contributed by atoms with E-state index in [1.165, 1.54) is 12.8 Å². The van der Waals surface area contributed by atoms with Gasteiger partial charge in [-0.1, -0.05) is 0 Å². The van der Waals surface area contributed by atoms with Crippen molar-refractivity contribution < 1.29 is 14.6 Å². The smallest absolute Gasteiger partial charge is 0.335 e. The number of ether oxygens (including phenoxy) is 1. The zero-order chi connectivity index (χ0) is 13.7. The summed E-state index contributed by atoms with van der Waals surface area (Å²) in [5, 5.41) is 12.3. The van der Waals surface area contributed by atoms with Gasteiger partial charge in [0.25, 0.3) is 0 Å². The molecule has 1 unspecified atom stereocenters. The molecule has 1 saturated heterocycles. The van der Waals surface area contributed by atoms with Crippen LogP contribution < -0.4 is 5.32 Å². The molecular weight excluding hydrogens is 242 g/mol. The van der Waals surface area contributed by atoms with Crippen LogP contribution in [0.2, 0.25) is 0 Å². The zero-order valence-electron chi connectivity index (χ0n) is 11.3. The summed E-state index contributed by atoms with van der Waals surface area (Å²) in [6.45, 7) is 3.56. The summed E-state index contributed by atoms with van der Waals surface area (Å²) < 4.78 is 5.67. The maximum Gasteiger partial charge on any atom is 0.335 e. The third kappa shape index (κ3) is 3.96. The summed E-state index contributed by atoms with van der Waals surface area (Å²) in [6, 6.07) is 5.35. The molecule has 0 amide bonds. The van der Waals surface area contributed by atoms with Gasteiger partial charge >= 0.3 is 5.97 Å². The number of carbonyl (C=O) groups is 1.